The Morgan fingerprint density at radius 3 is 2.50 bits per heavy atom. The van der Waals surface area contributed by atoms with E-state index in [0.717, 1.165) is 15.6 Å². The van der Waals surface area contributed by atoms with Crippen molar-refractivity contribution >= 4 is 49.6 Å². The van der Waals surface area contributed by atoms with Crippen LogP contribution in [0.4, 0.5) is 4.39 Å². The van der Waals surface area contributed by atoms with Crippen molar-refractivity contribution in [2.45, 2.75) is 6.61 Å². The Balaban J connectivity index is 1.70. The molecule has 1 aliphatic rings. The molecule has 3 aromatic carbocycles. The van der Waals surface area contributed by atoms with E-state index in [-0.39, 0.29) is 12.4 Å². The van der Waals surface area contributed by atoms with Gasteiger partial charge in [-0.1, -0.05) is 63.6 Å². The summed E-state index contributed by atoms with van der Waals surface area (Å²) in [4.78, 5) is 17.3. The molecule has 1 aliphatic heterocycles. The van der Waals surface area contributed by atoms with Crippen LogP contribution in [0, 0.1) is 5.82 Å². The Hall–Kier alpha value is -2.77. The van der Waals surface area contributed by atoms with E-state index in [1.54, 1.807) is 18.2 Å². The molecule has 1 heterocycles. The first-order chi connectivity index (χ1) is 14.5. The van der Waals surface area contributed by atoms with Crippen LogP contribution < -0.4 is 4.74 Å². The summed E-state index contributed by atoms with van der Waals surface area (Å²) < 4.78 is 20.7. The monoisotopic (exact) mass is 529 g/mol. The van der Waals surface area contributed by atoms with E-state index < -0.39 is 5.97 Å². The number of benzene rings is 3. The predicted molar refractivity (Wildman–Crippen MR) is 120 cm³/mol. The molecule has 0 saturated heterocycles. The summed E-state index contributed by atoms with van der Waals surface area (Å²) in [5.41, 5.74) is 3.05. The minimum Gasteiger partial charge on any atom is -0.487 e. The van der Waals surface area contributed by atoms with E-state index in [1.165, 1.54) is 12.1 Å². The lowest BCUT2D eigenvalue weighted by molar-refractivity contribution is -0.136. The molecule has 0 radical (unpaired) electrons. The average Bonchev–Trinajstić information content (AvgIpc) is 3.09. The minimum absolute atomic E-state index is 0.237. The third kappa shape index (κ3) is 4.52. The van der Waals surface area contributed by atoms with Gasteiger partial charge in [-0.25, -0.2) is 9.18 Å². The molecule has 0 saturated carbocycles. The zero-order valence-electron chi connectivity index (χ0n) is 15.4. The lowest BCUT2D eigenvalue weighted by atomic mass is 10.0. The molecule has 0 N–H and O–H groups in total. The number of nitrogens with zero attached hydrogens (tertiary/aromatic N) is 1. The molecule has 4 rings (SSSR count). The second-order valence-corrected chi connectivity index (χ2v) is 8.23. The molecule has 0 unspecified atom stereocenters. The smallest absolute Gasteiger partial charge is 0.368 e. The maximum atomic E-state index is 13.1. The van der Waals surface area contributed by atoms with Gasteiger partial charge in [-0.3, -0.25) is 0 Å². The second-order valence-electron chi connectivity index (χ2n) is 6.46. The van der Waals surface area contributed by atoms with Crippen LogP contribution >= 0.6 is 31.9 Å². The first-order valence-electron chi connectivity index (χ1n) is 8.94. The lowest BCUT2D eigenvalue weighted by Gasteiger charge is -2.13. The second kappa shape index (κ2) is 8.93. The number of rotatable bonds is 5. The molecular formula is C23H14Br2FNO3. The van der Waals surface area contributed by atoms with E-state index >= 15 is 0 Å². The molecule has 7 heteroatoms. The van der Waals surface area contributed by atoms with Gasteiger partial charge in [0.1, 0.15) is 23.9 Å². The summed E-state index contributed by atoms with van der Waals surface area (Å²) in [6, 6.07) is 19.1. The Labute approximate surface area is 189 Å². The summed E-state index contributed by atoms with van der Waals surface area (Å²) in [6.45, 7) is 0.237. The highest BCUT2D eigenvalue weighted by atomic mass is 79.9. The van der Waals surface area contributed by atoms with Crippen LogP contribution in [-0.2, 0) is 16.2 Å². The van der Waals surface area contributed by atoms with Crippen molar-refractivity contribution in [2.75, 3.05) is 0 Å². The van der Waals surface area contributed by atoms with E-state index in [0.29, 0.717) is 27.1 Å². The molecule has 0 amide bonds. The minimum atomic E-state index is -0.533. The van der Waals surface area contributed by atoms with Gasteiger partial charge in [0.2, 0.25) is 0 Å². The molecule has 0 fully saturated rings. The molecule has 4 nitrogen and oxygen atoms in total. The van der Waals surface area contributed by atoms with Crippen LogP contribution in [0.2, 0.25) is 0 Å². The maximum absolute atomic E-state index is 13.1. The number of carbonyl (C=O) groups is 1. The van der Waals surface area contributed by atoms with E-state index in [4.69, 9.17) is 9.57 Å². The van der Waals surface area contributed by atoms with Crippen LogP contribution in [0.1, 0.15) is 16.7 Å². The maximum Gasteiger partial charge on any atom is 0.368 e. The molecule has 150 valence electrons. The molecule has 0 bridgehead atoms. The molecule has 0 aromatic heterocycles. The molecule has 30 heavy (non-hydrogen) atoms. The highest BCUT2D eigenvalue weighted by Crippen LogP contribution is 2.36. The number of oxime groups is 1. The van der Waals surface area contributed by atoms with Gasteiger partial charge in [-0.15, -0.1) is 0 Å². The van der Waals surface area contributed by atoms with Gasteiger partial charge in [0.15, 0.2) is 0 Å². The summed E-state index contributed by atoms with van der Waals surface area (Å²) in [6.07, 6.45) is 1.69. The molecule has 0 spiro atoms. The van der Waals surface area contributed by atoms with Gasteiger partial charge in [0.25, 0.3) is 0 Å². The van der Waals surface area contributed by atoms with Crippen molar-refractivity contribution in [1.29, 1.82) is 0 Å². The summed E-state index contributed by atoms with van der Waals surface area (Å²) in [5.74, 6) is -0.293. The van der Waals surface area contributed by atoms with Crippen LogP contribution in [0.5, 0.6) is 5.75 Å². The largest absolute Gasteiger partial charge is 0.487 e. The zero-order chi connectivity index (χ0) is 21.1. The fourth-order valence-corrected chi connectivity index (χ4v) is 4.32. The van der Waals surface area contributed by atoms with Crippen molar-refractivity contribution in [3.8, 4) is 5.75 Å². The van der Waals surface area contributed by atoms with Crippen molar-refractivity contribution < 1.29 is 18.8 Å². The standard InChI is InChI=1S/C23H14Br2FNO3/c24-17-10-16(11-19-21(27-30-23(19)28)15-4-2-1-3-5-15)22(20(25)12-17)29-13-14-6-8-18(26)9-7-14/h1-12H,13H2/b19-11-. The topological polar surface area (TPSA) is 47.9 Å². The quantitative estimate of drug-likeness (QED) is 0.288. The highest BCUT2D eigenvalue weighted by molar-refractivity contribution is 9.11. The summed E-state index contributed by atoms with van der Waals surface area (Å²) in [7, 11) is 0. The number of carbonyl (C=O) groups excluding carboxylic acids is 1. The molecular weight excluding hydrogens is 517 g/mol. The molecule has 0 atom stereocenters. The van der Waals surface area contributed by atoms with Crippen LogP contribution in [0.3, 0.4) is 0 Å². The van der Waals surface area contributed by atoms with Gasteiger partial charge in [-0.05, 0) is 51.8 Å². The predicted octanol–water partition coefficient (Wildman–Crippen LogP) is 6.27. The summed E-state index contributed by atoms with van der Waals surface area (Å²) in [5, 5.41) is 3.94. The van der Waals surface area contributed by atoms with Gasteiger partial charge in [0.05, 0.1) is 10.0 Å². The Morgan fingerprint density at radius 2 is 1.77 bits per heavy atom. The van der Waals surface area contributed by atoms with Crippen LogP contribution in [0.15, 0.2) is 86.4 Å². The number of hydrogen-bond donors (Lipinski definition) is 0. The van der Waals surface area contributed by atoms with Crippen molar-refractivity contribution in [1.82, 2.24) is 0 Å². The molecule has 0 aliphatic carbocycles. The lowest BCUT2D eigenvalue weighted by Crippen LogP contribution is -2.07. The van der Waals surface area contributed by atoms with E-state index in [2.05, 4.69) is 37.0 Å². The third-order valence-corrected chi connectivity index (χ3v) is 5.42. The van der Waals surface area contributed by atoms with Crippen LogP contribution in [-0.4, -0.2) is 11.7 Å². The van der Waals surface area contributed by atoms with E-state index in [1.807, 2.05) is 42.5 Å². The first kappa shape index (κ1) is 20.5. The van der Waals surface area contributed by atoms with Gasteiger partial charge in [-0.2, -0.15) is 0 Å². The third-order valence-electron chi connectivity index (χ3n) is 4.38. The van der Waals surface area contributed by atoms with Gasteiger partial charge >= 0.3 is 5.97 Å². The van der Waals surface area contributed by atoms with Gasteiger partial charge in [0, 0.05) is 15.6 Å². The zero-order valence-corrected chi connectivity index (χ0v) is 18.6. The Morgan fingerprint density at radius 1 is 1.03 bits per heavy atom. The first-order valence-corrected chi connectivity index (χ1v) is 10.5. The fraction of sp³-hybridized carbons (Fsp3) is 0.0435. The van der Waals surface area contributed by atoms with Crippen molar-refractivity contribution in [3.63, 3.8) is 0 Å². The average molecular weight is 531 g/mol. The van der Waals surface area contributed by atoms with Crippen LogP contribution in [0.25, 0.3) is 6.08 Å². The number of ether oxygens (including phenoxy) is 1. The number of hydrogen-bond acceptors (Lipinski definition) is 4. The number of halogens is 3. The Bertz CT molecular complexity index is 1160. The molecule has 3 aromatic rings. The van der Waals surface area contributed by atoms with Gasteiger partial charge < -0.3 is 9.57 Å². The van der Waals surface area contributed by atoms with E-state index in [9.17, 15) is 9.18 Å². The highest BCUT2D eigenvalue weighted by Gasteiger charge is 2.27. The SMILES string of the molecule is O=C1ON=C(c2ccccc2)/C1=C/c1cc(Br)cc(Br)c1OCc1ccc(F)cc1. The summed E-state index contributed by atoms with van der Waals surface area (Å²) >= 11 is 6.99. The fourth-order valence-electron chi connectivity index (χ4n) is 2.95. The Kier molecular flexibility index (Phi) is 6.11. The van der Waals surface area contributed by atoms with Crippen molar-refractivity contribution in [3.05, 3.63) is 104 Å². The van der Waals surface area contributed by atoms with Crippen molar-refractivity contribution in [2.24, 2.45) is 5.16 Å². The normalized spacial score (nSPS) is 14.6.